The maximum absolute atomic E-state index is 13.9. The van der Waals surface area contributed by atoms with Crippen molar-refractivity contribution in [2.45, 2.75) is 108 Å². The lowest BCUT2D eigenvalue weighted by molar-refractivity contribution is -0.163. The molecule has 0 N–H and O–H groups in total. The molecule has 2 saturated carbocycles. The first kappa shape index (κ1) is 32.7. The molecule has 1 heterocycles. The number of likely N-dealkylation sites (tertiary alicyclic amines) is 1. The van der Waals surface area contributed by atoms with Crippen molar-refractivity contribution >= 4 is 11.9 Å². The monoisotopic (exact) mass is 602 g/mol. The Morgan fingerprint density at radius 1 is 1.00 bits per heavy atom. The molecule has 1 aliphatic heterocycles. The molecule has 0 aromatic heterocycles. The summed E-state index contributed by atoms with van der Waals surface area (Å²) in [6.45, 7) is 9.75. The Labute approximate surface area is 265 Å². The van der Waals surface area contributed by atoms with Gasteiger partial charge in [-0.05, 0) is 99.4 Å². The number of ether oxygens (including phenoxy) is 2. The van der Waals surface area contributed by atoms with Crippen LogP contribution in [0.2, 0.25) is 0 Å². The molecule has 3 atom stereocenters. The van der Waals surface area contributed by atoms with Crippen LogP contribution < -0.4 is 4.74 Å². The third-order valence-corrected chi connectivity index (χ3v) is 10.4. The highest BCUT2D eigenvalue weighted by Crippen LogP contribution is 2.55. The van der Waals surface area contributed by atoms with E-state index in [9.17, 15) is 9.59 Å². The van der Waals surface area contributed by atoms with E-state index in [1.807, 2.05) is 19.2 Å². The Bertz CT molecular complexity index is 1240. The van der Waals surface area contributed by atoms with Crippen LogP contribution in [0, 0.1) is 11.8 Å². The Morgan fingerprint density at radius 3 is 2.50 bits per heavy atom. The first-order valence-electron chi connectivity index (χ1n) is 17.1. The van der Waals surface area contributed by atoms with Crippen LogP contribution in [0.3, 0.4) is 0 Å². The highest BCUT2D eigenvalue weighted by atomic mass is 16.5. The molecule has 0 radical (unpaired) electrons. The van der Waals surface area contributed by atoms with Gasteiger partial charge in [-0.3, -0.25) is 9.59 Å². The summed E-state index contributed by atoms with van der Waals surface area (Å²) >= 11 is 0. The summed E-state index contributed by atoms with van der Waals surface area (Å²) in [5.74, 6) is 1.79. The van der Waals surface area contributed by atoms with Crippen molar-refractivity contribution < 1.29 is 19.1 Å². The normalized spacial score (nSPS) is 25.4. The number of esters is 1. The summed E-state index contributed by atoms with van der Waals surface area (Å²) < 4.78 is 12.2. The molecule has 3 fully saturated rings. The van der Waals surface area contributed by atoms with E-state index in [1.54, 1.807) is 0 Å². The number of fused-ring (bicyclic) bond motifs is 1. The van der Waals surface area contributed by atoms with Gasteiger partial charge in [-0.1, -0.05) is 62.7 Å². The van der Waals surface area contributed by atoms with Crippen LogP contribution in [-0.2, 0) is 26.2 Å². The van der Waals surface area contributed by atoms with Crippen molar-refractivity contribution in [3.63, 3.8) is 0 Å². The number of amides is 1. The predicted molar refractivity (Wildman–Crippen MR) is 176 cm³/mol. The van der Waals surface area contributed by atoms with Gasteiger partial charge >= 0.3 is 5.97 Å². The molecule has 5 rings (SSSR count). The average molecular weight is 603 g/mol. The van der Waals surface area contributed by atoms with Crippen LogP contribution in [0.25, 0.3) is 0 Å². The number of methoxy groups -OCH3 is 1. The van der Waals surface area contributed by atoms with E-state index >= 15 is 0 Å². The number of carbonyl (C=O) groups is 2. The molecule has 1 saturated heterocycles. The van der Waals surface area contributed by atoms with Gasteiger partial charge in [0.1, 0.15) is 5.75 Å². The van der Waals surface area contributed by atoms with E-state index in [4.69, 9.17) is 9.47 Å². The van der Waals surface area contributed by atoms with E-state index in [0.717, 1.165) is 83.5 Å². The highest BCUT2D eigenvalue weighted by Gasteiger charge is 2.60. The summed E-state index contributed by atoms with van der Waals surface area (Å²) in [7, 11) is 1.89. The molecule has 2 aromatic rings. The molecule has 3 aliphatic rings. The van der Waals surface area contributed by atoms with Crippen molar-refractivity contribution in [3.8, 4) is 5.75 Å². The first-order chi connectivity index (χ1) is 21.2. The molecular weight excluding hydrogens is 548 g/mol. The van der Waals surface area contributed by atoms with Gasteiger partial charge in [0.25, 0.3) is 0 Å². The van der Waals surface area contributed by atoms with Crippen molar-refractivity contribution in [3.05, 3.63) is 65.7 Å². The minimum atomic E-state index is -0.352. The number of hydrogen-bond donors (Lipinski definition) is 0. The first-order valence-corrected chi connectivity index (χ1v) is 17.1. The van der Waals surface area contributed by atoms with Crippen molar-refractivity contribution in [1.82, 2.24) is 9.80 Å². The van der Waals surface area contributed by atoms with Crippen molar-refractivity contribution in [2.24, 2.45) is 11.8 Å². The zero-order valence-corrected chi connectivity index (χ0v) is 27.6. The van der Waals surface area contributed by atoms with E-state index in [0.29, 0.717) is 24.0 Å². The van der Waals surface area contributed by atoms with Crippen LogP contribution in [0.1, 0.15) is 96.1 Å². The minimum Gasteiger partial charge on any atom is -0.427 e. The zero-order chi connectivity index (χ0) is 31.2. The van der Waals surface area contributed by atoms with Crippen molar-refractivity contribution in [1.29, 1.82) is 0 Å². The average Bonchev–Trinajstić information content (AvgIpc) is 3.83. The molecule has 240 valence electrons. The summed E-state index contributed by atoms with van der Waals surface area (Å²) in [5.41, 5.74) is 1.92. The second kappa shape index (κ2) is 14.6. The van der Waals surface area contributed by atoms with Gasteiger partial charge in [-0.2, -0.15) is 0 Å². The Balaban J connectivity index is 1.35. The SMILES string of the molecule is CO[C@]12CC[C@@H](N(CC(C)C)C(=O)CCCCCc3ccccc3)C[C@]1(c1cccc(OC(C)=O)c1)CCN(CC1CC1)C2. The second-order valence-electron chi connectivity index (χ2n) is 14.2. The topological polar surface area (TPSA) is 59.1 Å². The fourth-order valence-corrected chi connectivity index (χ4v) is 8.10. The number of unbranched alkanes of at least 4 members (excludes halogenated alkanes) is 2. The number of hydrogen-bond acceptors (Lipinski definition) is 5. The number of nitrogens with zero attached hydrogens (tertiary/aromatic N) is 2. The van der Waals surface area contributed by atoms with Gasteiger partial charge in [0.15, 0.2) is 0 Å². The fraction of sp³-hybridized carbons (Fsp3) is 0.632. The van der Waals surface area contributed by atoms with Crippen LogP contribution in [0.5, 0.6) is 5.75 Å². The molecule has 1 amide bonds. The van der Waals surface area contributed by atoms with Crippen LogP contribution in [0.4, 0.5) is 0 Å². The van der Waals surface area contributed by atoms with Gasteiger partial charge in [0.2, 0.25) is 5.91 Å². The van der Waals surface area contributed by atoms with Gasteiger partial charge < -0.3 is 19.3 Å². The summed E-state index contributed by atoms with van der Waals surface area (Å²) in [6.07, 6.45) is 11.2. The Hall–Kier alpha value is -2.70. The minimum absolute atomic E-state index is 0.157. The molecule has 0 bridgehead atoms. The summed E-state index contributed by atoms with van der Waals surface area (Å²) in [6, 6.07) is 18.9. The number of piperidine rings is 1. The van der Waals surface area contributed by atoms with E-state index < -0.39 is 0 Å². The van der Waals surface area contributed by atoms with E-state index in [1.165, 1.54) is 30.9 Å². The molecule has 0 unspecified atom stereocenters. The fourth-order valence-electron chi connectivity index (χ4n) is 8.10. The standard InChI is InChI=1S/C38H54N2O4/c1-29(2)26-40(36(42)17-10-6-9-14-31-12-7-5-8-13-31)34-20-21-38(43-4)28-39(27-32-18-19-32)23-22-37(38,25-34)33-15-11-16-35(24-33)44-30(3)41/h5,7-8,11-13,15-16,24,29,32,34H,6,9-10,14,17-23,25-28H2,1-4H3/t34-,37+,38+/m1/s1. The molecule has 2 aromatic carbocycles. The zero-order valence-electron chi connectivity index (χ0n) is 27.6. The highest BCUT2D eigenvalue weighted by molar-refractivity contribution is 5.76. The Morgan fingerprint density at radius 2 is 1.80 bits per heavy atom. The lowest BCUT2D eigenvalue weighted by Crippen LogP contribution is -2.68. The van der Waals surface area contributed by atoms with E-state index in [-0.39, 0.29) is 23.0 Å². The quantitative estimate of drug-likeness (QED) is 0.130. The second-order valence-corrected chi connectivity index (χ2v) is 14.2. The van der Waals surface area contributed by atoms with Crippen LogP contribution in [-0.4, -0.2) is 66.6 Å². The Kier molecular flexibility index (Phi) is 10.8. The van der Waals surface area contributed by atoms with Crippen LogP contribution >= 0.6 is 0 Å². The lowest BCUT2D eigenvalue weighted by atomic mass is 9.55. The molecule has 0 spiro atoms. The lowest BCUT2D eigenvalue weighted by Gasteiger charge is -2.61. The van der Waals surface area contributed by atoms with Gasteiger partial charge in [0, 0.05) is 51.5 Å². The smallest absolute Gasteiger partial charge is 0.308 e. The molecule has 44 heavy (non-hydrogen) atoms. The summed E-state index contributed by atoms with van der Waals surface area (Å²) in [5, 5.41) is 0. The molecule has 6 heteroatoms. The third kappa shape index (κ3) is 7.74. The number of carbonyl (C=O) groups excluding carboxylic acids is 2. The number of rotatable bonds is 14. The molecule has 6 nitrogen and oxygen atoms in total. The summed E-state index contributed by atoms with van der Waals surface area (Å²) in [4.78, 5) is 30.7. The molecular formula is C38H54N2O4. The predicted octanol–water partition coefficient (Wildman–Crippen LogP) is 7.19. The van der Waals surface area contributed by atoms with Gasteiger partial charge in [0.05, 0.1) is 5.60 Å². The maximum Gasteiger partial charge on any atom is 0.308 e. The molecule has 2 aliphatic carbocycles. The van der Waals surface area contributed by atoms with Crippen LogP contribution in [0.15, 0.2) is 54.6 Å². The van der Waals surface area contributed by atoms with E-state index in [2.05, 4.69) is 66.1 Å². The van der Waals surface area contributed by atoms with Crippen molar-refractivity contribution in [2.75, 3.05) is 33.3 Å². The van der Waals surface area contributed by atoms with Gasteiger partial charge in [-0.15, -0.1) is 0 Å². The third-order valence-electron chi connectivity index (χ3n) is 10.4. The largest absolute Gasteiger partial charge is 0.427 e. The number of benzene rings is 2. The van der Waals surface area contributed by atoms with Gasteiger partial charge in [-0.25, -0.2) is 0 Å². The maximum atomic E-state index is 13.9. The number of aryl methyl sites for hydroxylation is 1.